The Morgan fingerprint density at radius 3 is 2.62 bits per heavy atom. The number of nitrogens with zero attached hydrogens (tertiary/aromatic N) is 1. The zero-order valence-electron chi connectivity index (χ0n) is 10.4. The van der Waals surface area contributed by atoms with Crippen LogP contribution in [0.25, 0.3) is 0 Å². The van der Waals surface area contributed by atoms with Crippen molar-refractivity contribution in [1.29, 1.82) is 0 Å². The molecule has 0 N–H and O–H groups in total. The molecular weight excluding hydrogens is 206 g/mol. The number of carbonyl (C=O) groups excluding carboxylic acids is 1. The molecule has 1 heterocycles. The summed E-state index contributed by atoms with van der Waals surface area (Å²) in [5, 5.41) is 0. The standard InChI is InChI=1S/C12H21NO3/c1-4-11(14)12(13-9(2)15-3)10-5-7-16-8-6-10/h10,12H,4-8H2,1-3H3. The van der Waals surface area contributed by atoms with Gasteiger partial charge in [-0.3, -0.25) is 4.79 Å². The molecule has 1 atom stereocenters. The van der Waals surface area contributed by atoms with Gasteiger partial charge in [0.25, 0.3) is 0 Å². The predicted molar refractivity (Wildman–Crippen MR) is 62.7 cm³/mol. The molecule has 0 saturated carbocycles. The lowest BCUT2D eigenvalue weighted by Crippen LogP contribution is -2.33. The van der Waals surface area contributed by atoms with Crippen LogP contribution in [0.1, 0.15) is 33.1 Å². The first-order valence-electron chi connectivity index (χ1n) is 5.87. The normalized spacial score (nSPS) is 20.6. The molecule has 0 aromatic carbocycles. The number of methoxy groups -OCH3 is 1. The molecule has 1 rings (SSSR count). The fourth-order valence-corrected chi connectivity index (χ4v) is 1.93. The molecule has 16 heavy (non-hydrogen) atoms. The second-order valence-corrected chi connectivity index (χ2v) is 4.07. The SMILES string of the molecule is CCC(=O)C(N=C(C)OC)C1CCOCC1. The van der Waals surface area contributed by atoms with E-state index in [0.29, 0.717) is 18.2 Å². The summed E-state index contributed by atoms with van der Waals surface area (Å²) in [6, 6.07) is -0.242. The van der Waals surface area contributed by atoms with Gasteiger partial charge in [0, 0.05) is 26.6 Å². The minimum atomic E-state index is -0.242. The monoisotopic (exact) mass is 227 g/mol. The van der Waals surface area contributed by atoms with Gasteiger partial charge in [-0.05, 0) is 18.8 Å². The summed E-state index contributed by atoms with van der Waals surface area (Å²) in [4.78, 5) is 16.2. The molecule has 0 spiro atoms. The molecule has 1 saturated heterocycles. The van der Waals surface area contributed by atoms with Crippen molar-refractivity contribution in [2.75, 3.05) is 20.3 Å². The second kappa shape index (κ2) is 6.63. The van der Waals surface area contributed by atoms with Crippen molar-refractivity contribution >= 4 is 11.7 Å². The van der Waals surface area contributed by atoms with Gasteiger partial charge in [0.15, 0.2) is 11.7 Å². The highest BCUT2D eigenvalue weighted by Gasteiger charge is 2.28. The van der Waals surface area contributed by atoms with E-state index < -0.39 is 0 Å². The number of hydrogen-bond acceptors (Lipinski definition) is 4. The maximum atomic E-state index is 11.9. The third kappa shape index (κ3) is 3.59. The van der Waals surface area contributed by atoms with E-state index in [9.17, 15) is 4.79 Å². The first kappa shape index (κ1) is 13.2. The van der Waals surface area contributed by atoms with Crippen molar-refractivity contribution in [3.8, 4) is 0 Å². The van der Waals surface area contributed by atoms with Gasteiger partial charge < -0.3 is 9.47 Å². The average Bonchev–Trinajstić information content (AvgIpc) is 2.35. The van der Waals surface area contributed by atoms with Crippen LogP contribution in [0.4, 0.5) is 0 Å². The molecular formula is C12H21NO3. The van der Waals surface area contributed by atoms with E-state index in [1.807, 2.05) is 6.92 Å². The Hall–Kier alpha value is -0.900. The number of hydrogen-bond donors (Lipinski definition) is 0. The largest absolute Gasteiger partial charge is 0.484 e. The third-order valence-electron chi connectivity index (χ3n) is 3.01. The van der Waals surface area contributed by atoms with E-state index in [1.54, 1.807) is 14.0 Å². The van der Waals surface area contributed by atoms with Crippen LogP contribution < -0.4 is 0 Å². The second-order valence-electron chi connectivity index (χ2n) is 4.07. The summed E-state index contributed by atoms with van der Waals surface area (Å²) in [5.74, 6) is 1.09. The first-order chi connectivity index (χ1) is 7.69. The molecule has 92 valence electrons. The van der Waals surface area contributed by atoms with Gasteiger partial charge in [-0.2, -0.15) is 0 Å². The van der Waals surface area contributed by atoms with Crippen LogP contribution in [-0.2, 0) is 14.3 Å². The molecule has 0 bridgehead atoms. The Kier molecular flexibility index (Phi) is 5.46. The Bertz CT molecular complexity index is 257. The fraction of sp³-hybridized carbons (Fsp3) is 0.833. The number of Topliss-reactive ketones (excluding diaryl/α,β-unsaturated/α-hetero) is 1. The van der Waals surface area contributed by atoms with E-state index in [0.717, 1.165) is 26.1 Å². The molecule has 0 aromatic heterocycles. The zero-order valence-corrected chi connectivity index (χ0v) is 10.4. The Balaban J connectivity index is 2.73. The van der Waals surface area contributed by atoms with Gasteiger partial charge in [-0.1, -0.05) is 6.92 Å². The smallest absolute Gasteiger partial charge is 0.180 e. The van der Waals surface area contributed by atoms with Crippen molar-refractivity contribution < 1.29 is 14.3 Å². The first-order valence-corrected chi connectivity index (χ1v) is 5.87. The van der Waals surface area contributed by atoms with Gasteiger partial charge >= 0.3 is 0 Å². The van der Waals surface area contributed by atoms with E-state index in [1.165, 1.54) is 0 Å². The van der Waals surface area contributed by atoms with Crippen LogP contribution in [-0.4, -0.2) is 38.0 Å². The minimum Gasteiger partial charge on any atom is -0.484 e. The Labute approximate surface area is 97.0 Å². The summed E-state index contributed by atoms with van der Waals surface area (Å²) in [6.07, 6.45) is 2.36. The van der Waals surface area contributed by atoms with Gasteiger partial charge in [0.1, 0.15) is 6.04 Å². The maximum Gasteiger partial charge on any atom is 0.180 e. The molecule has 4 nitrogen and oxygen atoms in total. The minimum absolute atomic E-state index is 0.198. The number of carbonyl (C=O) groups is 1. The maximum absolute atomic E-state index is 11.9. The van der Waals surface area contributed by atoms with E-state index in [2.05, 4.69) is 4.99 Å². The summed E-state index contributed by atoms with van der Waals surface area (Å²) in [5.41, 5.74) is 0. The van der Waals surface area contributed by atoms with Crippen molar-refractivity contribution in [1.82, 2.24) is 0 Å². The van der Waals surface area contributed by atoms with Crippen LogP contribution in [0.3, 0.4) is 0 Å². The molecule has 1 aliphatic heterocycles. The van der Waals surface area contributed by atoms with Gasteiger partial charge in [0.05, 0.1) is 7.11 Å². The van der Waals surface area contributed by atoms with Crippen molar-refractivity contribution in [2.24, 2.45) is 10.9 Å². The number of aliphatic imine (C=N–C) groups is 1. The molecule has 4 heteroatoms. The number of rotatable bonds is 4. The highest BCUT2D eigenvalue weighted by Crippen LogP contribution is 2.22. The van der Waals surface area contributed by atoms with Crippen molar-refractivity contribution in [3.63, 3.8) is 0 Å². The van der Waals surface area contributed by atoms with Gasteiger partial charge in [-0.25, -0.2) is 4.99 Å². The summed E-state index contributed by atoms with van der Waals surface area (Å²) in [6.45, 7) is 5.14. The quantitative estimate of drug-likeness (QED) is 0.543. The molecule has 0 radical (unpaired) electrons. The molecule has 0 aliphatic carbocycles. The van der Waals surface area contributed by atoms with Crippen LogP contribution in [0.5, 0.6) is 0 Å². The number of ketones is 1. The summed E-state index contributed by atoms with van der Waals surface area (Å²) in [7, 11) is 1.58. The summed E-state index contributed by atoms with van der Waals surface area (Å²) < 4.78 is 10.3. The molecule has 0 amide bonds. The highest BCUT2D eigenvalue weighted by molar-refractivity contribution is 5.87. The predicted octanol–water partition coefficient (Wildman–Crippen LogP) is 1.83. The molecule has 1 aliphatic rings. The highest BCUT2D eigenvalue weighted by atomic mass is 16.5. The lowest BCUT2D eigenvalue weighted by atomic mass is 9.88. The van der Waals surface area contributed by atoms with Crippen LogP contribution in [0, 0.1) is 5.92 Å². The Morgan fingerprint density at radius 1 is 1.50 bits per heavy atom. The molecule has 1 unspecified atom stereocenters. The topological polar surface area (TPSA) is 47.9 Å². The van der Waals surface area contributed by atoms with Crippen LogP contribution in [0.15, 0.2) is 4.99 Å². The average molecular weight is 227 g/mol. The Morgan fingerprint density at radius 2 is 2.12 bits per heavy atom. The lowest BCUT2D eigenvalue weighted by molar-refractivity contribution is -0.121. The van der Waals surface area contributed by atoms with E-state index in [4.69, 9.17) is 9.47 Å². The van der Waals surface area contributed by atoms with Crippen LogP contribution >= 0.6 is 0 Å². The molecule has 1 fully saturated rings. The van der Waals surface area contributed by atoms with E-state index >= 15 is 0 Å². The zero-order chi connectivity index (χ0) is 12.0. The van der Waals surface area contributed by atoms with Crippen molar-refractivity contribution in [2.45, 2.75) is 39.2 Å². The fourth-order valence-electron chi connectivity index (χ4n) is 1.93. The third-order valence-corrected chi connectivity index (χ3v) is 3.01. The van der Waals surface area contributed by atoms with E-state index in [-0.39, 0.29) is 11.8 Å². The van der Waals surface area contributed by atoms with Gasteiger partial charge in [0.2, 0.25) is 0 Å². The summed E-state index contributed by atoms with van der Waals surface area (Å²) >= 11 is 0. The van der Waals surface area contributed by atoms with Gasteiger partial charge in [-0.15, -0.1) is 0 Å². The van der Waals surface area contributed by atoms with Crippen molar-refractivity contribution in [3.05, 3.63) is 0 Å². The lowest BCUT2D eigenvalue weighted by Gasteiger charge is -2.26. The number of ether oxygens (including phenoxy) is 2. The van der Waals surface area contributed by atoms with Crippen LogP contribution in [0.2, 0.25) is 0 Å². The molecule has 0 aromatic rings.